The summed E-state index contributed by atoms with van der Waals surface area (Å²) in [5, 5.41) is 9.34. The van der Waals surface area contributed by atoms with Crippen molar-refractivity contribution in [2.45, 2.75) is 39.2 Å². The summed E-state index contributed by atoms with van der Waals surface area (Å²) < 4.78 is 5.57. The number of aryl methyl sites for hydroxylation is 1. The Kier molecular flexibility index (Phi) is 5.19. The van der Waals surface area contributed by atoms with Gasteiger partial charge < -0.3 is 9.84 Å². The minimum Gasteiger partial charge on any atom is -0.494 e. The van der Waals surface area contributed by atoms with E-state index in [0.29, 0.717) is 6.61 Å². The molecule has 0 saturated carbocycles. The standard InChI is InChI=1S/C13H20O2/c1-3-12(14)7-5-9-15-13-8-4-6-11(2)10-13/h4,6,8,10,12,14H,3,5,7,9H2,1-2H3. The molecule has 2 heteroatoms. The van der Waals surface area contributed by atoms with Crippen molar-refractivity contribution in [1.29, 1.82) is 0 Å². The average Bonchev–Trinajstić information content (AvgIpc) is 2.24. The summed E-state index contributed by atoms with van der Waals surface area (Å²) in [4.78, 5) is 0. The quantitative estimate of drug-likeness (QED) is 0.728. The molecule has 1 atom stereocenters. The van der Waals surface area contributed by atoms with Crippen molar-refractivity contribution in [2.75, 3.05) is 6.61 Å². The topological polar surface area (TPSA) is 29.5 Å². The fraction of sp³-hybridized carbons (Fsp3) is 0.538. The summed E-state index contributed by atoms with van der Waals surface area (Å²) in [6, 6.07) is 8.03. The highest BCUT2D eigenvalue weighted by Crippen LogP contribution is 2.13. The van der Waals surface area contributed by atoms with Crippen LogP contribution in [0, 0.1) is 6.92 Å². The predicted octanol–water partition coefficient (Wildman–Crippen LogP) is 2.92. The van der Waals surface area contributed by atoms with Gasteiger partial charge in [-0.2, -0.15) is 0 Å². The lowest BCUT2D eigenvalue weighted by molar-refractivity contribution is 0.149. The molecular weight excluding hydrogens is 188 g/mol. The molecule has 1 aromatic carbocycles. The van der Waals surface area contributed by atoms with Crippen LogP contribution in [0.4, 0.5) is 0 Å². The molecule has 1 rings (SSSR count). The number of benzene rings is 1. The van der Waals surface area contributed by atoms with Crippen LogP contribution >= 0.6 is 0 Å². The van der Waals surface area contributed by atoms with Gasteiger partial charge in [-0.05, 0) is 43.9 Å². The van der Waals surface area contributed by atoms with Crippen molar-refractivity contribution in [1.82, 2.24) is 0 Å². The van der Waals surface area contributed by atoms with E-state index in [2.05, 4.69) is 0 Å². The molecule has 0 radical (unpaired) electrons. The number of ether oxygens (including phenoxy) is 1. The SMILES string of the molecule is CCC(O)CCCOc1cccc(C)c1. The third-order valence-electron chi connectivity index (χ3n) is 2.41. The maximum absolute atomic E-state index is 9.34. The zero-order valence-electron chi connectivity index (χ0n) is 9.57. The zero-order valence-corrected chi connectivity index (χ0v) is 9.57. The van der Waals surface area contributed by atoms with Gasteiger partial charge >= 0.3 is 0 Å². The maximum Gasteiger partial charge on any atom is 0.119 e. The van der Waals surface area contributed by atoms with Crippen LogP contribution in [0.2, 0.25) is 0 Å². The summed E-state index contributed by atoms with van der Waals surface area (Å²) in [5.41, 5.74) is 1.21. The Labute approximate surface area is 91.9 Å². The fourth-order valence-electron chi connectivity index (χ4n) is 1.42. The number of rotatable bonds is 6. The minimum absolute atomic E-state index is 0.175. The van der Waals surface area contributed by atoms with E-state index in [9.17, 15) is 5.11 Å². The summed E-state index contributed by atoms with van der Waals surface area (Å²) >= 11 is 0. The molecule has 0 aliphatic rings. The highest BCUT2D eigenvalue weighted by atomic mass is 16.5. The molecule has 84 valence electrons. The first-order valence-corrected chi connectivity index (χ1v) is 5.60. The summed E-state index contributed by atoms with van der Waals surface area (Å²) in [6.07, 6.45) is 2.38. The lowest BCUT2D eigenvalue weighted by atomic mass is 10.1. The van der Waals surface area contributed by atoms with Crippen LogP contribution < -0.4 is 4.74 Å². The Morgan fingerprint density at radius 1 is 1.40 bits per heavy atom. The number of hydrogen-bond donors (Lipinski definition) is 1. The third kappa shape index (κ3) is 4.84. The van der Waals surface area contributed by atoms with E-state index in [1.807, 2.05) is 38.1 Å². The third-order valence-corrected chi connectivity index (χ3v) is 2.41. The molecule has 0 aromatic heterocycles. The van der Waals surface area contributed by atoms with E-state index in [1.165, 1.54) is 5.56 Å². The number of hydrogen-bond acceptors (Lipinski definition) is 2. The van der Waals surface area contributed by atoms with Crippen LogP contribution in [0.25, 0.3) is 0 Å². The predicted molar refractivity (Wildman–Crippen MR) is 62.2 cm³/mol. The maximum atomic E-state index is 9.34. The Hall–Kier alpha value is -1.02. The van der Waals surface area contributed by atoms with Gasteiger partial charge in [0, 0.05) is 0 Å². The molecular formula is C13H20O2. The number of aliphatic hydroxyl groups is 1. The van der Waals surface area contributed by atoms with Gasteiger partial charge in [-0.25, -0.2) is 0 Å². The fourth-order valence-corrected chi connectivity index (χ4v) is 1.42. The Morgan fingerprint density at radius 2 is 2.20 bits per heavy atom. The molecule has 1 aromatic rings. The van der Waals surface area contributed by atoms with Crippen LogP contribution in [-0.4, -0.2) is 17.8 Å². The molecule has 15 heavy (non-hydrogen) atoms. The van der Waals surface area contributed by atoms with E-state index in [0.717, 1.165) is 25.0 Å². The zero-order chi connectivity index (χ0) is 11.1. The van der Waals surface area contributed by atoms with Crippen molar-refractivity contribution >= 4 is 0 Å². The Bertz CT molecular complexity index is 284. The molecule has 0 aliphatic carbocycles. The normalized spacial score (nSPS) is 12.5. The number of aliphatic hydroxyl groups excluding tert-OH is 1. The second-order valence-corrected chi connectivity index (χ2v) is 3.87. The van der Waals surface area contributed by atoms with Gasteiger partial charge in [0.25, 0.3) is 0 Å². The average molecular weight is 208 g/mol. The molecule has 0 spiro atoms. The van der Waals surface area contributed by atoms with E-state index in [-0.39, 0.29) is 6.10 Å². The first kappa shape index (κ1) is 12.1. The monoisotopic (exact) mass is 208 g/mol. The van der Waals surface area contributed by atoms with E-state index >= 15 is 0 Å². The summed E-state index contributed by atoms with van der Waals surface area (Å²) in [5.74, 6) is 0.918. The van der Waals surface area contributed by atoms with Gasteiger partial charge in [-0.3, -0.25) is 0 Å². The molecule has 0 bridgehead atoms. The van der Waals surface area contributed by atoms with Gasteiger partial charge in [0.05, 0.1) is 12.7 Å². The molecule has 0 fully saturated rings. The molecule has 2 nitrogen and oxygen atoms in total. The second-order valence-electron chi connectivity index (χ2n) is 3.87. The first-order chi connectivity index (χ1) is 7.22. The van der Waals surface area contributed by atoms with Crippen LogP contribution in [0.3, 0.4) is 0 Å². The second kappa shape index (κ2) is 6.46. The molecule has 0 saturated heterocycles. The highest BCUT2D eigenvalue weighted by Gasteiger charge is 2.00. The molecule has 0 amide bonds. The smallest absolute Gasteiger partial charge is 0.119 e. The van der Waals surface area contributed by atoms with Gasteiger partial charge in [-0.15, -0.1) is 0 Å². The van der Waals surface area contributed by atoms with Crippen molar-refractivity contribution in [2.24, 2.45) is 0 Å². The van der Waals surface area contributed by atoms with Gasteiger partial charge in [0.15, 0.2) is 0 Å². The molecule has 1 N–H and O–H groups in total. The van der Waals surface area contributed by atoms with Crippen LogP contribution in [0.1, 0.15) is 31.7 Å². The van der Waals surface area contributed by atoms with Crippen molar-refractivity contribution in [3.05, 3.63) is 29.8 Å². The lowest BCUT2D eigenvalue weighted by Gasteiger charge is -2.09. The lowest BCUT2D eigenvalue weighted by Crippen LogP contribution is -2.07. The van der Waals surface area contributed by atoms with E-state index < -0.39 is 0 Å². The molecule has 0 heterocycles. The summed E-state index contributed by atoms with van der Waals surface area (Å²) in [6.45, 7) is 4.72. The minimum atomic E-state index is -0.175. The van der Waals surface area contributed by atoms with Crippen molar-refractivity contribution in [3.8, 4) is 5.75 Å². The summed E-state index contributed by atoms with van der Waals surface area (Å²) in [7, 11) is 0. The highest BCUT2D eigenvalue weighted by molar-refractivity contribution is 5.27. The largest absolute Gasteiger partial charge is 0.494 e. The molecule has 0 aliphatic heterocycles. The van der Waals surface area contributed by atoms with Gasteiger partial charge in [0.1, 0.15) is 5.75 Å². The van der Waals surface area contributed by atoms with Crippen LogP contribution in [-0.2, 0) is 0 Å². The van der Waals surface area contributed by atoms with Crippen molar-refractivity contribution < 1.29 is 9.84 Å². The van der Waals surface area contributed by atoms with Gasteiger partial charge in [0.2, 0.25) is 0 Å². The van der Waals surface area contributed by atoms with E-state index in [1.54, 1.807) is 0 Å². The van der Waals surface area contributed by atoms with Crippen LogP contribution in [0.5, 0.6) is 5.75 Å². The first-order valence-electron chi connectivity index (χ1n) is 5.60. The van der Waals surface area contributed by atoms with E-state index in [4.69, 9.17) is 4.74 Å². The Balaban J connectivity index is 2.20. The van der Waals surface area contributed by atoms with Crippen molar-refractivity contribution in [3.63, 3.8) is 0 Å². The van der Waals surface area contributed by atoms with Gasteiger partial charge in [-0.1, -0.05) is 19.1 Å². The van der Waals surface area contributed by atoms with Crippen LogP contribution in [0.15, 0.2) is 24.3 Å². The Morgan fingerprint density at radius 3 is 2.87 bits per heavy atom. The molecule has 1 unspecified atom stereocenters.